The zero-order chi connectivity index (χ0) is 27.0. The van der Waals surface area contributed by atoms with Gasteiger partial charge >= 0.3 is 12.1 Å². The van der Waals surface area contributed by atoms with Crippen molar-refractivity contribution in [2.75, 3.05) is 44.0 Å². The number of carbonyl (C=O) groups is 2. The third-order valence-corrected chi connectivity index (χ3v) is 6.97. The number of rotatable bonds is 8. The van der Waals surface area contributed by atoms with Crippen molar-refractivity contribution in [2.24, 2.45) is 0 Å². The predicted octanol–water partition coefficient (Wildman–Crippen LogP) is 4.47. The molecule has 206 valence electrons. The number of morpholine rings is 1. The second kappa shape index (κ2) is 12.6. The quantitative estimate of drug-likeness (QED) is 0.386. The Bertz CT molecular complexity index is 1260. The van der Waals surface area contributed by atoms with Gasteiger partial charge in [-0.25, -0.2) is 14.6 Å². The fraction of sp³-hybridized carbons (Fsp3) is 0.393. The van der Waals surface area contributed by atoms with Gasteiger partial charge in [-0.15, -0.1) is 0 Å². The zero-order valence-electron chi connectivity index (χ0n) is 21.9. The number of urea groups is 1. The molecule has 39 heavy (non-hydrogen) atoms. The van der Waals surface area contributed by atoms with Crippen LogP contribution < -0.4 is 20.7 Å². The molecule has 3 amide bonds. The van der Waals surface area contributed by atoms with Crippen molar-refractivity contribution in [3.05, 3.63) is 60.6 Å². The number of hydrogen-bond donors (Lipinski definition) is 3. The third kappa shape index (κ3) is 6.87. The highest BCUT2D eigenvalue weighted by Gasteiger charge is 2.35. The van der Waals surface area contributed by atoms with Gasteiger partial charge in [-0.2, -0.15) is 0 Å². The van der Waals surface area contributed by atoms with Crippen LogP contribution in [0.3, 0.4) is 0 Å². The van der Waals surface area contributed by atoms with Crippen molar-refractivity contribution in [1.82, 2.24) is 15.2 Å². The monoisotopic (exact) mass is 535 g/mol. The van der Waals surface area contributed by atoms with Gasteiger partial charge in [0.25, 0.3) is 0 Å². The molecule has 2 aliphatic rings. The average molecular weight is 536 g/mol. The highest BCUT2D eigenvalue weighted by atomic mass is 16.6. The Morgan fingerprint density at radius 3 is 2.67 bits per heavy atom. The molecule has 1 aliphatic carbocycles. The van der Waals surface area contributed by atoms with Gasteiger partial charge in [-0.1, -0.05) is 12.1 Å². The van der Waals surface area contributed by atoms with Gasteiger partial charge in [0, 0.05) is 43.1 Å². The van der Waals surface area contributed by atoms with E-state index in [1.165, 1.54) is 6.39 Å². The van der Waals surface area contributed by atoms with E-state index in [2.05, 4.69) is 25.8 Å². The first kappa shape index (κ1) is 26.5. The van der Waals surface area contributed by atoms with Crippen LogP contribution in [0.15, 0.2) is 59.5 Å². The van der Waals surface area contributed by atoms with Crippen molar-refractivity contribution in [3.63, 3.8) is 0 Å². The molecular formula is C28H33N5O6. The average Bonchev–Trinajstić information content (AvgIpc) is 3.65. The summed E-state index contributed by atoms with van der Waals surface area (Å²) in [4.78, 5) is 31.5. The van der Waals surface area contributed by atoms with Gasteiger partial charge in [0.05, 0.1) is 32.1 Å². The van der Waals surface area contributed by atoms with Crippen LogP contribution in [-0.4, -0.2) is 67.6 Å². The summed E-state index contributed by atoms with van der Waals surface area (Å²) in [5.74, 6) is 1.11. The van der Waals surface area contributed by atoms with E-state index in [4.69, 9.17) is 18.6 Å². The number of methoxy groups -OCH3 is 1. The molecule has 1 saturated heterocycles. The van der Waals surface area contributed by atoms with Crippen LogP contribution >= 0.6 is 0 Å². The molecule has 5 rings (SSSR count). The molecule has 0 spiro atoms. The molecule has 1 saturated carbocycles. The van der Waals surface area contributed by atoms with Crippen LogP contribution in [0.4, 0.5) is 21.0 Å². The molecule has 0 radical (unpaired) electrons. The molecule has 1 aromatic heterocycles. The Hall–Kier alpha value is -4.09. The Balaban J connectivity index is 1.11. The van der Waals surface area contributed by atoms with Gasteiger partial charge in [0.15, 0.2) is 12.2 Å². The molecule has 2 unspecified atom stereocenters. The molecule has 3 aromatic rings. The summed E-state index contributed by atoms with van der Waals surface area (Å²) in [5.41, 5.74) is 2.70. The van der Waals surface area contributed by atoms with Crippen LogP contribution in [-0.2, 0) is 16.0 Å². The molecule has 2 fully saturated rings. The van der Waals surface area contributed by atoms with Crippen LogP contribution in [0.2, 0.25) is 0 Å². The lowest BCUT2D eigenvalue weighted by molar-refractivity contribution is -0.0164. The summed E-state index contributed by atoms with van der Waals surface area (Å²) < 4.78 is 22.0. The van der Waals surface area contributed by atoms with Gasteiger partial charge in [0.2, 0.25) is 0 Å². The number of anilines is 2. The van der Waals surface area contributed by atoms with E-state index in [0.717, 1.165) is 56.7 Å². The van der Waals surface area contributed by atoms with E-state index >= 15 is 0 Å². The van der Waals surface area contributed by atoms with Gasteiger partial charge in [-0.05, 0) is 49.1 Å². The highest BCUT2D eigenvalue weighted by Crippen LogP contribution is 2.32. The number of amides is 3. The van der Waals surface area contributed by atoms with Crippen LogP contribution in [0, 0.1) is 0 Å². The topological polar surface area (TPSA) is 127 Å². The summed E-state index contributed by atoms with van der Waals surface area (Å²) in [6, 6.07) is 12.4. The smallest absolute Gasteiger partial charge is 0.407 e. The summed E-state index contributed by atoms with van der Waals surface area (Å²) in [7, 11) is 1.55. The van der Waals surface area contributed by atoms with Crippen molar-refractivity contribution in [3.8, 4) is 17.1 Å². The minimum Gasteiger partial charge on any atom is -0.496 e. The Morgan fingerprint density at radius 2 is 1.90 bits per heavy atom. The minimum absolute atomic E-state index is 0.108. The van der Waals surface area contributed by atoms with Crippen LogP contribution in [0.25, 0.3) is 11.3 Å². The zero-order valence-corrected chi connectivity index (χ0v) is 21.9. The van der Waals surface area contributed by atoms with E-state index in [1.54, 1.807) is 43.6 Å². The largest absolute Gasteiger partial charge is 0.496 e. The van der Waals surface area contributed by atoms with Crippen molar-refractivity contribution < 1.29 is 28.2 Å². The lowest BCUT2D eigenvalue weighted by Crippen LogP contribution is -2.48. The lowest BCUT2D eigenvalue weighted by Gasteiger charge is -2.35. The molecular weight excluding hydrogens is 502 g/mol. The van der Waals surface area contributed by atoms with E-state index in [-0.39, 0.29) is 18.7 Å². The molecule has 11 nitrogen and oxygen atoms in total. The summed E-state index contributed by atoms with van der Waals surface area (Å²) in [6.07, 6.45) is 5.36. The molecule has 1 aliphatic heterocycles. The molecule has 2 aromatic carbocycles. The highest BCUT2D eigenvalue weighted by molar-refractivity contribution is 6.00. The van der Waals surface area contributed by atoms with Crippen molar-refractivity contribution in [2.45, 2.75) is 38.0 Å². The van der Waals surface area contributed by atoms with Gasteiger partial charge < -0.3 is 34.6 Å². The molecule has 0 bridgehead atoms. The molecule has 11 heteroatoms. The second-order valence-electron chi connectivity index (χ2n) is 9.50. The van der Waals surface area contributed by atoms with E-state index < -0.39 is 12.1 Å². The molecule has 2 heterocycles. The minimum atomic E-state index is -0.431. The van der Waals surface area contributed by atoms with E-state index in [0.29, 0.717) is 22.9 Å². The maximum absolute atomic E-state index is 12.6. The Kier molecular flexibility index (Phi) is 8.59. The standard InChI is InChI=1S/C28H33N5O6/c1-36-25-15-21(8-9-22(25)26-17-29-18-38-26)32-27(34)31-20-5-2-4-19(14-20)16-30-28(35)39-24-7-3-6-23(24)33-10-12-37-13-11-33/h2,4-5,8-9,14-15,17-18,23-24H,3,6-7,10-13,16H2,1H3,(H,30,35)(H2,31,32,34). The summed E-state index contributed by atoms with van der Waals surface area (Å²) in [6.45, 7) is 3.48. The third-order valence-electron chi connectivity index (χ3n) is 6.97. The van der Waals surface area contributed by atoms with Gasteiger partial charge in [0.1, 0.15) is 11.9 Å². The number of nitrogens with zero attached hydrogens (tertiary/aromatic N) is 2. The normalized spacial score (nSPS) is 19.3. The Morgan fingerprint density at radius 1 is 1.08 bits per heavy atom. The van der Waals surface area contributed by atoms with E-state index in [1.807, 2.05) is 12.1 Å². The van der Waals surface area contributed by atoms with Crippen molar-refractivity contribution >= 4 is 23.5 Å². The van der Waals surface area contributed by atoms with Crippen molar-refractivity contribution in [1.29, 1.82) is 0 Å². The predicted molar refractivity (Wildman–Crippen MR) is 145 cm³/mol. The summed E-state index contributed by atoms with van der Waals surface area (Å²) in [5, 5.41) is 8.46. The van der Waals surface area contributed by atoms with Gasteiger partial charge in [-0.3, -0.25) is 4.90 Å². The second-order valence-corrected chi connectivity index (χ2v) is 9.50. The number of hydrogen-bond acceptors (Lipinski definition) is 8. The number of oxazole rings is 1. The molecule has 2 atom stereocenters. The SMILES string of the molecule is COc1cc(NC(=O)Nc2cccc(CNC(=O)OC3CCCC3N3CCOCC3)c2)ccc1-c1cnco1. The van der Waals surface area contributed by atoms with E-state index in [9.17, 15) is 9.59 Å². The van der Waals surface area contributed by atoms with Crippen LogP contribution in [0.1, 0.15) is 24.8 Å². The fourth-order valence-electron chi connectivity index (χ4n) is 5.10. The number of alkyl carbamates (subject to hydrolysis) is 1. The first-order valence-electron chi connectivity index (χ1n) is 13.1. The summed E-state index contributed by atoms with van der Waals surface area (Å²) >= 11 is 0. The fourth-order valence-corrected chi connectivity index (χ4v) is 5.10. The number of carbonyl (C=O) groups excluding carboxylic acids is 2. The maximum atomic E-state index is 12.6. The number of aromatic nitrogens is 1. The van der Waals surface area contributed by atoms with Crippen LogP contribution in [0.5, 0.6) is 5.75 Å². The first-order valence-corrected chi connectivity index (χ1v) is 13.1. The number of ether oxygens (including phenoxy) is 3. The number of nitrogens with one attached hydrogen (secondary N) is 3. The lowest BCUT2D eigenvalue weighted by atomic mass is 10.1. The maximum Gasteiger partial charge on any atom is 0.407 e. The number of benzene rings is 2. The molecule has 3 N–H and O–H groups in total. The Labute approximate surface area is 226 Å². The first-order chi connectivity index (χ1) is 19.1.